The molecular formula is C11H21IO4. The maximum atomic E-state index is 10.5. The number of aliphatic carboxylic acids is 1. The summed E-state index contributed by atoms with van der Waals surface area (Å²) in [5.41, 5.74) is -0.297. The second kappa shape index (κ2) is 9.18. The van der Waals surface area contributed by atoms with Gasteiger partial charge in [0.2, 0.25) is 0 Å². The standard InChI is InChI=1S/C11H21IO4/c1-11(2,8-10(13)14)9-16-6-3-5-15-7-4-12/h3-9H2,1-2H3,(H,13,14). The lowest BCUT2D eigenvalue weighted by Gasteiger charge is -2.21. The lowest BCUT2D eigenvalue weighted by Crippen LogP contribution is -2.23. The highest BCUT2D eigenvalue weighted by atomic mass is 127. The van der Waals surface area contributed by atoms with E-state index in [9.17, 15) is 4.79 Å². The summed E-state index contributed by atoms with van der Waals surface area (Å²) in [5.74, 6) is -0.779. The summed E-state index contributed by atoms with van der Waals surface area (Å²) in [4.78, 5) is 10.5. The smallest absolute Gasteiger partial charge is 0.303 e. The van der Waals surface area contributed by atoms with Gasteiger partial charge in [-0.05, 0) is 11.8 Å². The zero-order valence-electron chi connectivity index (χ0n) is 10.00. The second-order valence-electron chi connectivity index (χ2n) is 4.44. The zero-order valence-corrected chi connectivity index (χ0v) is 12.2. The van der Waals surface area contributed by atoms with Crippen molar-refractivity contribution in [2.45, 2.75) is 26.7 Å². The fraction of sp³-hybridized carbons (Fsp3) is 0.909. The van der Waals surface area contributed by atoms with Crippen molar-refractivity contribution in [2.75, 3.05) is 30.9 Å². The number of carbonyl (C=O) groups is 1. The molecule has 0 rings (SSSR count). The average Bonchev–Trinajstić information content (AvgIpc) is 2.14. The lowest BCUT2D eigenvalue weighted by atomic mass is 9.91. The molecule has 0 heterocycles. The minimum absolute atomic E-state index is 0.137. The van der Waals surface area contributed by atoms with Crippen molar-refractivity contribution in [1.82, 2.24) is 0 Å². The van der Waals surface area contributed by atoms with Crippen molar-refractivity contribution in [2.24, 2.45) is 5.41 Å². The Morgan fingerprint density at radius 3 is 2.44 bits per heavy atom. The Kier molecular flexibility index (Phi) is 9.25. The molecule has 5 heteroatoms. The van der Waals surface area contributed by atoms with E-state index in [-0.39, 0.29) is 11.8 Å². The summed E-state index contributed by atoms with van der Waals surface area (Å²) in [6, 6.07) is 0. The van der Waals surface area contributed by atoms with Crippen LogP contribution in [0.15, 0.2) is 0 Å². The molecule has 0 bridgehead atoms. The monoisotopic (exact) mass is 344 g/mol. The highest BCUT2D eigenvalue weighted by Gasteiger charge is 2.21. The van der Waals surface area contributed by atoms with Gasteiger partial charge in [0.15, 0.2) is 0 Å². The van der Waals surface area contributed by atoms with E-state index in [1.54, 1.807) is 0 Å². The predicted molar refractivity (Wildman–Crippen MR) is 71.2 cm³/mol. The lowest BCUT2D eigenvalue weighted by molar-refractivity contribution is -0.140. The number of halogens is 1. The molecule has 96 valence electrons. The Morgan fingerprint density at radius 1 is 1.25 bits per heavy atom. The van der Waals surface area contributed by atoms with Crippen LogP contribution in [0.5, 0.6) is 0 Å². The number of ether oxygens (including phenoxy) is 2. The van der Waals surface area contributed by atoms with Crippen molar-refractivity contribution >= 4 is 28.6 Å². The molecule has 16 heavy (non-hydrogen) atoms. The summed E-state index contributed by atoms with van der Waals surface area (Å²) >= 11 is 2.27. The summed E-state index contributed by atoms with van der Waals surface area (Å²) in [6.07, 6.45) is 0.998. The van der Waals surface area contributed by atoms with Gasteiger partial charge < -0.3 is 14.6 Å². The molecule has 0 fully saturated rings. The van der Waals surface area contributed by atoms with Gasteiger partial charge >= 0.3 is 5.97 Å². The third-order valence-electron chi connectivity index (χ3n) is 1.92. The molecule has 0 aromatic rings. The van der Waals surface area contributed by atoms with Crippen molar-refractivity contribution in [1.29, 1.82) is 0 Å². The van der Waals surface area contributed by atoms with Gasteiger partial charge in [0.05, 0.1) is 19.6 Å². The van der Waals surface area contributed by atoms with Gasteiger partial charge in [-0.25, -0.2) is 0 Å². The molecular weight excluding hydrogens is 323 g/mol. The van der Waals surface area contributed by atoms with Crippen LogP contribution in [-0.4, -0.2) is 41.9 Å². The van der Waals surface area contributed by atoms with E-state index in [4.69, 9.17) is 14.6 Å². The first kappa shape index (κ1) is 16.1. The van der Waals surface area contributed by atoms with Crippen LogP contribution in [0.3, 0.4) is 0 Å². The van der Waals surface area contributed by atoms with E-state index >= 15 is 0 Å². The van der Waals surface area contributed by atoms with Crippen LogP contribution in [0.4, 0.5) is 0 Å². The molecule has 0 aromatic heterocycles. The average molecular weight is 344 g/mol. The third kappa shape index (κ3) is 10.6. The largest absolute Gasteiger partial charge is 0.481 e. The van der Waals surface area contributed by atoms with E-state index in [1.807, 2.05) is 13.8 Å². The number of carboxylic acid groups (broad SMARTS) is 1. The normalized spacial score (nSPS) is 11.7. The van der Waals surface area contributed by atoms with E-state index < -0.39 is 5.97 Å². The van der Waals surface area contributed by atoms with E-state index in [2.05, 4.69) is 22.6 Å². The molecule has 0 unspecified atom stereocenters. The van der Waals surface area contributed by atoms with Gasteiger partial charge in [0.1, 0.15) is 0 Å². The zero-order chi connectivity index (χ0) is 12.4. The van der Waals surface area contributed by atoms with Crippen molar-refractivity contribution < 1.29 is 19.4 Å². The fourth-order valence-electron chi connectivity index (χ4n) is 1.23. The van der Waals surface area contributed by atoms with E-state index in [1.165, 1.54) is 0 Å². The number of alkyl halides is 1. The minimum Gasteiger partial charge on any atom is -0.481 e. The summed E-state index contributed by atoms with van der Waals surface area (Å²) in [7, 11) is 0. The maximum Gasteiger partial charge on any atom is 0.303 e. The molecule has 4 nitrogen and oxygen atoms in total. The molecule has 0 radical (unpaired) electrons. The number of hydrogen-bond donors (Lipinski definition) is 1. The van der Waals surface area contributed by atoms with Crippen molar-refractivity contribution in [3.05, 3.63) is 0 Å². The number of hydrogen-bond acceptors (Lipinski definition) is 3. The molecule has 1 N–H and O–H groups in total. The van der Waals surface area contributed by atoms with Gasteiger partial charge in [-0.15, -0.1) is 0 Å². The molecule has 0 amide bonds. The van der Waals surface area contributed by atoms with Gasteiger partial charge in [-0.1, -0.05) is 36.4 Å². The highest BCUT2D eigenvalue weighted by Crippen LogP contribution is 2.20. The molecule has 0 aromatic carbocycles. The molecule has 0 aliphatic rings. The first-order chi connectivity index (χ1) is 7.48. The van der Waals surface area contributed by atoms with E-state index in [0.29, 0.717) is 19.8 Å². The Balaban J connectivity index is 3.39. The Morgan fingerprint density at radius 2 is 1.88 bits per heavy atom. The second-order valence-corrected chi connectivity index (χ2v) is 5.52. The molecule has 0 saturated carbocycles. The molecule has 0 atom stereocenters. The minimum atomic E-state index is -0.779. The Bertz CT molecular complexity index is 194. The molecule has 0 saturated heterocycles. The Hall–Kier alpha value is 0.120. The van der Waals surface area contributed by atoms with Crippen LogP contribution in [0, 0.1) is 5.41 Å². The maximum absolute atomic E-state index is 10.5. The van der Waals surface area contributed by atoms with Gasteiger partial charge in [0.25, 0.3) is 0 Å². The third-order valence-corrected chi connectivity index (χ3v) is 2.36. The first-order valence-corrected chi connectivity index (χ1v) is 6.94. The van der Waals surface area contributed by atoms with Gasteiger partial charge in [0, 0.05) is 17.6 Å². The van der Waals surface area contributed by atoms with Gasteiger partial charge in [-0.2, -0.15) is 0 Å². The quantitative estimate of drug-likeness (QED) is 0.376. The van der Waals surface area contributed by atoms with E-state index in [0.717, 1.165) is 17.5 Å². The highest BCUT2D eigenvalue weighted by molar-refractivity contribution is 14.1. The summed E-state index contributed by atoms with van der Waals surface area (Å²) < 4.78 is 11.7. The summed E-state index contributed by atoms with van der Waals surface area (Å²) in [5, 5.41) is 8.67. The number of carboxylic acids is 1. The van der Waals surface area contributed by atoms with Crippen LogP contribution in [0.25, 0.3) is 0 Å². The fourth-order valence-corrected chi connectivity index (χ4v) is 1.54. The van der Waals surface area contributed by atoms with Gasteiger partial charge in [-0.3, -0.25) is 4.79 Å². The summed E-state index contributed by atoms with van der Waals surface area (Å²) in [6.45, 7) is 6.39. The SMILES string of the molecule is CC(C)(COCCCOCCI)CC(=O)O. The van der Waals surface area contributed by atoms with Crippen LogP contribution in [-0.2, 0) is 14.3 Å². The number of rotatable bonds is 10. The van der Waals surface area contributed by atoms with Crippen LogP contribution in [0.1, 0.15) is 26.7 Å². The first-order valence-electron chi connectivity index (χ1n) is 5.41. The molecule has 0 aliphatic carbocycles. The molecule has 0 spiro atoms. The van der Waals surface area contributed by atoms with Crippen LogP contribution < -0.4 is 0 Å². The molecule has 0 aliphatic heterocycles. The topological polar surface area (TPSA) is 55.8 Å². The van der Waals surface area contributed by atoms with Crippen LogP contribution in [0.2, 0.25) is 0 Å². The van der Waals surface area contributed by atoms with Crippen molar-refractivity contribution in [3.63, 3.8) is 0 Å². The van der Waals surface area contributed by atoms with Crippen LogP contribution >= 0.6 is 22.6 Å². The predicted octanol–water partition coefficient (Wildman–Crippen LogP) is 2.35. The van der Waals surface area contributed by atoms with Crippen molar-refractivity contribution in [3.8, 4) is 0 Å². The Labute approximate surface area is 111 Å².